The van der Waals surface area contributed by atoms with Gasteiger partial charge in [-0.2, -0.15) is 5.10 Å². The predicted octanol–water partition coefficient (Wildman–Crippen LogP) is 2.41. The fourth-order valence-electron chi connectivity index (χ4n) is 4.77. The van der Waals surface area contributed by atoms with Crippen LogP contribution in [0.4, 0.5) is 10.2 Å². The summed E-state index contributed by atoms with van der Waals surface area (Å²) in [6.07, 6.45) is 5.98. The number of halogens is 1. The Morgan fingerprint density at radius 3 is 3.00 bits per heavy atom. The van der Waals surface area contributed by atoms with Crippen LogP contribution < -0.4 is 15.4 Å². The number of aromatic nitrogens is 3. The van der Waals surface area contributed by atoms with Crippen LogP contribution in [0.2, 0.25) is 0 Å². The first-order chi connectivity index (χ1) is 16.6. The highest BCUT2D eigenvalue weighted by atomic mass is 19.1. The molecule has 1 atom stereocenters. The van der Waals surface area contributed by atoms with Crippen molar-refractivity contribution in [3.8, 4) is 5.75 Å². The number of anilines is 1. The van der Waals surface area contributed by atoms with Gasteiger partial charge in [-0.15, -0.1) is 0 Å². The van der Waals surface area contributed by atoms with Gasteiger partial charge < -0.3 is 20.1 Å². The largest absolute Gasteiger partial charge is 0.492 e. The number of benzene rings is 1. The maximum Gasteiger partial charge on any atom is 0.254 e. The molecule has 180 valence electrons. The van der Waals surface area contributed by atoms with Crippen LogP contribution in [-0.2, 0) is 4.74 Å². The quantitative estimate of drug-likeness (QED) is 0.569. The number of carbonyl (C=O) groups excluding carboxylic acids is 1. The first-order valence-corrected chi connectivity index (χ1v) is 11.7. The molecule has 2 fully saturated rings. The summed E-state index contributed by atoms with van der Waals surface area (Å²) in [6, 6.07) is 6.47. The maximum absolute atomic E-state index is 14.3. The minimum atomic E-state index is -0.575. The lowest BCUT2D eigenvalue weighted by atomic mass is 10.0. The van der Waals surface area contributed by atoms with Crippen molar-refractivity contribution < 1.29 is 18.7 Å². The second-order valence-electron chi connectivity index (χ2n) is 8.67. The molecule has 1 unspecified atom stereocenters. The van der Waals surface area contributed by atoms with E-state index in [9.17, 15) is 9.18 Å². The molecule has 0 bridgehead atoms. The number of nitrogens with zero attached hydrogens (tertiary/aromatic N) is 5. The normalized spacial score (nSPS) is 19.4. The van der Waals surface area contributed by atoms with E-state index in [1.165, 1.54) is 16.8 Å². The summed E-state index contributed by atoms with van der Waals surface area (Å²) in [5.41, 5.74) is 6.96. The molecular formula is C24H29FN6O3. The molecule has 0 spiro atoms. The SMILES string of the molecule is NC(=O)c1cnn2ccc(N3CCCC3c3cc(F)ccc3OCCN3CCCOCC3)nc12. The van der Waals surface area contributed by atoms with Gasteiger partial charge in [0.25, 0.3) is 5.91 Å². The van der Waals surface area contributed by atoms with E-state index in [-0.39, 0.29) is 17.4 Å². The lowest BCUT2D eigenvalue weighted by Gasteiger charge is -2.28. The number of hydrogen-bond acceptors (Lipinski definition) is 7. The highest BCUT2D eigenvalue weighted by Gasteiger charge is 2.30. The van der Waals surface area contributed by atoms with Crippen LogP contribution in [0.25, 0.3) is 5.65 Å². The number of ether oxygens (including phenoxy) is 2. The molecule has 2 aliphatic rings. The molecule has 9 nitrogen and oxygen atoms in total. The van der Waals surface area contributed by atoms with Gasteiger partial charge in [0.05, 0.1) is 18.8 Å². The molecule has 0 radical (unpaired) electrons. The van der Waals surface area contributed by atoms with Crippen molar-refractivity contribution in [3.05, 3.63) is 53.6 Å². The Balaban J connectivity index is 1.37. The molecule has 5 rings (SSSR count). The van der Waals surface area contributed by atoms with Gasteiger partial charge in [-0.05, 0) is 43.5 Å². The molecule has 4 heterocycles. The van der Waals surface area contributed by atoms with Gasteiger partial charge in [-0.25, -0.2) is 13.9 Å². The van der Waals surface area contributed by atoms with Crippen molar-refractivity contribution in [1.29, 1.82) is 0 Å². The molecule has 34 heavy (non-hydrogen) atoms. The van der Waals surface area contributed by atoms with Crippen LogP contribution in [-0.4, -0.2) is 71.4 Å². The van der Waals surface area contributed by atoms with Gasteiger partial charge in [-0.1, -0.05) is 0 Å². The fraction of sp³-hybridized carbons (Fsp3) is 0.458. The van der Waals surface area contributed by atoms with Gasteiger partial charge in [0.1, 0.15) is 29.6 Å². The minimum absolute atomic E-state index is 0.0906. The van der Waals surface area contributed by atoms with Crippen LogP contribution in [0.5, 0.6) is 5.75 Å². The fourth-order valence-corrected chi connectivity index (χ4v) is 4.77. The average molecular weight is 469 g/mol. The number of amides is 1. The second-order valence-corrected chi connectivity index (χ2v) is 8.67. The number of fused-ring (bicyclic) bond motifs is 1. The Hall–Kier alpha value is -3.24. The average Bonchev–Trinajstić information content (AvgIpc) is 3.41. The van der Waals surface area contributed by atoms with Crippen LogP contribution in [0.15, 0.2) is 36.7 Å². The molecular weight excluding hydrogens is 439 g/mol. The third-order valence-corrected chi connectivity index (χ3v) is 6.48. The molecule has 1 aromatic carbocycles. The number of nitrogens with two attached hydrogens (primary N) is 1. The molecule has 10 heteroatoms. The van der Waals surface area contributed by atoms with Crippen molar-refractivity contribution in [3.63, 3.8) is 0 Å². The van der Waals surface area contributed by atoms with Crippen LogP contribution >= 0.6 is 0 Å². The highest BCUT2D eigenvalue weighted by Crippen LogP contribution is 2.39. The molecule has 2 saturated heterocycles. The van der Waals surface area contributed by atoms with E-state index < -0.39 is 5.91 Å². The lowest BCUT2D eigenvalue weighted by Crippen LogP contribution is -2.31. The summed E-state index contributed by atoms with van der Waals surface area (Å²) in [5.74, 6) is 0.508. The topological polar surface area (TPSA) is 98.2 Å². The minimum Gasteiger partial charge on any atom is -0.492 e. The van der Waals surface area contributed by atoms with E-state index in [2.05, 4.69) is 19.9 Å². The zero-order chi connectivity index (χ0) is 23.5. The first kappa shape index (κ1) is 22.5. The molecule has 0 aliphatic carbocycles. The molecule has 1 amide bonds. The molecule has 2 N–H and O–H groups in total. The van der Waals surface area contributed by atoms with E-state index in [0.717, 1.165) is 64.2 Å². The zero-order valence-electron chi connectivity index (χ0n) is 19.0. The van der Waals surface area contributed by atoms with Crippen molar-refractivity contribution in [1.82, 2.24) is 19.5 Å². The second kappa shape index (κ2) is 9.94. The highest BCUT2D eigenvalue weighted by molar-refractivity contribution is 5.98. The Bertz CT molecular complexity index is 1160. The van der Waals surface area contributed by atoms with Crippen LogP contribution in [0.3, 0.4) is 0 Å². The van der Waals surface area contributed by atoms with E-state index in [1.54, 1.807) is 18.3 Å². The van der Waals surface area contributed by atoms with E-state index in [0.29, 0.717) is 23.8 Å². The summed E-state index contributed by atoms with van der Waals surface area (Å²) in [5, 5.41) is 4.14. The van der Waals surface area contributed by atoms with Gasteiger partial charge in [0.15, 0.2) is 5.65 Å². The van der Waals surface area contributed by atoms with E-state index in [1.807, 2.05) is 6.07 Å². The summed E-state index contributed by atoms with van der Waals surface area (Å²) < 4.78 is 27.5. The van der Waals surface area contributed by atoms with Crippen molar-refractivity contribution in [2.24, 2.45) is 5.73 Å². The van der Waals surface area contributed by atoms with Gasteiger partial charge in [-0.3, -0.25) is 9.69 Å². The van der Waals surface area contributed by atoms with Crippen molar-refractivity contribution in [2.75, 3.05) is 50.9 Å². The monoisotopic (exact) mass is 468 g/mol. The first-order valence-electron chi connectivity index (χ1n) is 11.7. The smallest absolute Gasteiger partial charge is 0.254 e. The summed E-state index contributed by atoms with van der Waals surface area (Å²) in [7, 11) is 0. The van der Waals surface area contributed by atoms with Crippen molar-refractivity contribution >= 4 is 17.4 Å². The van der Waals surface area contributed by atoms with Gasteiger partial charge >= 0.3 is 0 Å². The Kier molecular flexibility index (Phi) is 6.59. The standard InChI is InChI=1S/C24H29FN6O3/c25-17-4-5-21(34-14-11-29-7-2-12-33-13-10-29)18(15-17)20-3-1-8-30(20)22-6-9-31-24(28-22)19(16-27-31)23(26)32/h4-6,9,15-16,20H,1-3,7-8,10-14H2,(H2,26,32). The number of hydrogen-bond donors (Lipinski definition) is 1. The van der Waals surface area contributed by atoms with Crippen LogP contribution in [0, 0.1) is 5.82 Å². The van der Waals surface area contributed by atoms with E-state index >= 15 is 0 Å². The maximum atomic E-state index is 14.3. The number of carbonyl (C=O) groups is 1. The predicted molar refractivity (Wildman–Crippen MR) is 125 cm³/mol. The van der Waals surface area contributed by atoms with Crippen LogP contribution in [0.1, 0.15) is 41.2 Å². The lowest BCUT2D eigenvalue weighted by molar-refractivity contribution is 0.100. The Morgan fingerprint density at radius 1 is 1.21 bits per heavy atom. The van der Waals surface area contributed by atoms with E-state index in [4.69, 9.17) is 15.2 Å². The van der Waals surface area contributed by atoms with Gasteiger partial charge in [0, 0.05) is 44.5 Å². The number of primary amides is 1. The summed E-state index contributed by atoms with van der Waals surface area (Å²) in [4.78, 5) is 20.9. The third-order valence-electron chi connectivity index (χ3n) is 6.48. The molecule has 3 aromatic rings. The molecule has 2 aromatic heterocycles. The van der Waals surface area contributed by atoms with Gasteiger partial charge in [0.2, 0.25) is 0 Å². The summed E-state index contributed by atoms with van der Waals surface area (Å²) >= 11 is 0. The molecule has 0 saturated carbocycles. The molecule has 2 aliphatic heterocycles. The summed E-state index contributed by atoms with van der Waals surface area (Å²) in [6.45, 7) is 5.51. The van der Waals surface area contributed by atoms with Crippen molar-refractivity contribution in [2.45, 2.75) is 25.3 Å². The Morgan fingerprint density at radius 2 is 2.12 bits per heavy atom. The third kappa shape index (κ3) is 4.69. The number of rotatable bonds is 7. The Labute approximate surface area is 197 Å². The zero-order valence-corrected chi connectivity index (χ0v) is 19.0.